The second-order valence-corrected chi connectivity index (χ2v) is 6.14. The summed E-state index contributed by atoms with van der Waals surface area (Å²) in [6.45, 7) is 2.00. The van der Waals surface area contributed by atoms with Crippen LogP contribution in [0.1, 0.15) is 24.8 Å². The summed E-state index contributed by atoms with van der Waals surface area (Å²) in [6, 6.07) is 7.36. The first-order valence-electron chi connectivity index (χ1n) is 7.72. The number of hydrogen-bond donors (Lipinski definition) is 0. The van der Waals surface area contributed by atoms with Crippen LogP contribution in [0, 0.1) is 12.3 Å². The van der Waals surface area contributed by atoms with E-state index in [2.05, 4.69) is 0 Å². The predicted molar refractivity (Wildman–Crippen MR) is 82.6 cm³/mol. The van der Waals surface area contributed by atoms with E-state index in [1.165, 1.54) is 14.2 Å². The van der Waals surface area contributed by atoms with Gasteiger partial charge in [-0.1, -0.05) is 17.7 Å². The molecule has 124 valence electrons. The summed E-state index contributed by atoms with van der Waals surface area (Å²) in [5.41, 5.74) is 0.612. The van der Waals surface area contributed by atoms with Gasteiger partial charge in [-0.2, -0.15) is 0 Å². The number of carbonyl (C=O) groups is 2. The second kappa shape index (κ2) is 5.85. The summed E-state index contributed by atoms with van der Waals surface area (Å²) in [6.07, 6.45) is 1.56. The van der Waals surface area contributed by atoms with E-state index >= 15 is 0 Å². The zero-order valence-corrected chi connectivity index (χ0v) is 13.6. The minimum Gasteiger partial charge on any atom is -0.468 e. The van der Waals surface area contributed by atoms with Gasteiger partial charge in [-0.3, -0.25) is 14.4 Å². The fourth-order valence-corrected chi connectivity index (χ4v) is 3.65. The summed E-state index contributed by atoms with van der Waals surface area (Å²) in [4.78, 5) is 31.0. The molecule has 0 N–H and O–H groups in total. The zero-order chi connectivity index (χ0) is 16.6. The van der Waals surface area contributed by atoms with Crippen molar-refractivity contribution in [1.82, 2.24) is 0 Å². The molecule has 3 aliphatic rings. The van der Waals surface area contributed by atoms with Gasteiger partial charge in [-0.25, -0.2) is 5.06 Å². The highest BCUT2D eigenvalue weighted by molar-refractivity contribution is 6.01. The number of methoxy groups -OCH3 is 2. The molecule has 3 fully saturated rings. The molecule has 2 unspecified atom stereocenters. The summed E-state index contributed by atoms with van der Waals surface area (Å²) in [5, 5.41) is 1.69. The molecule has 1 aliphatic carbocycles. The average Bonchev–Trinajstić information content (AvgIpc) is 2.60. The van der Waals surface area contributed by atoms with E-state index in [1.807, 2.05) is 31.2 Å². The number of hydroxylamine groups is 1. The summed E-state index contributed by atoms with van der Waals surface area (Å²) in [5.74, 6) is -1.11. The molecule has 6 heteroatoms. The van der Waals surface area contributed by atoms with Crippen LogP contribution in [0.5, 0.6) is 0 Å². The van der Waals surface area contributed by atoms with Gasteiger partial charge in [0.25, 0.3) is 0 Å². The van der Waals surface area contributed by atoms with Gasteiger partial charge in [-0.15, -0.1) is 0 Å². The maximum Gasteiger partial charge on any atom is 0.325 e. The Labute approximate surface area is 135 Å². The third-order valence-electron chi connectivity index (χ3n) is 4.81. The van der Waals surface area contributed by atoms with E-state index < -0.39 is 23.4 Å². The lowest BCUT2D eigenvalue weighted by molar-refractivity contribution is -0.194. The lowest BCUT2D eigenvalue weighted by Crippen LogP contribution is -2.66. The number of fused-ring (bicyclic) bond motifs is 3. The maximum absolute atomic E-state index is 12.5. The minimum atomic E-state index is -1.34. The number of nitrogens with zero attached hydrogens (tertiary/aromatic N) is 1. The molecule has 1 saturated carbocycles. The quantitative estimate of drug-likeness (QED) is 0.627. The van der Waals surface area contributed by atoms with Gasteiger partial charge in [-0.05, 0) is 31.9 Å². The van der Waals surface area contributed by atoms with Gasteiger partial charge in [0.15, 0.2) is 5.41 Å². The number of ether oxygens (including phenoxy) is 2. The average molecular weight is 319 g/mol. The van der Waals surface area contributed by atoms with Gasteiger partial charge in [0, 0.05) is 6.42 Å². The van der Waals surface area contributed by atoms with Crippen molar-refractivity contribution in [2.24, 2.45) is 5.41 Å². The van der Waals surface area contributed by atoms with Crippen LogP contribution in [0.2, 0.25) is 0 Å². The van der Waals surface area contributed by atoms with Crippen molar-refractivity contribution in [3.63, 3.8) is 0 Å². The third kappa shape index (κ3) is 2.37. The Hall–Kier alpha value is -2.08. The van der Waals surface area contributed by atoms with Crippen LogP contribution in [0.15, 0.2) is 24.3 Å². The number of benzene rings is 1. The lowest BCUT2D eigenvalue weighted by atomic mass is 9.67. The van der Waals surface area contributed by atoms with E-state index in [4.69, 9.17) is 14.3 Å². The fourth-order valence-electron chi connectivity index (χ4n) is 3.65. The molecule has 0 aromatic heterocycles. The minimum absolute atomic E-state index is 0.209. The number of esters is 2. The van der Waals surface area contributed by atoms with Crippen molar-refractivity contribution in [2.45, 2.75) is 38.3 Å². The molecule has 0 amide bonds. The van der Waals surface area contributed by atoms with Gasteiger partial charge in [0.1, 0.15) is 0 Å². The number of anilines is 1. The van der Waals surface area contributed by atoms with Crippen molar-refractivity contribution in [1.29, 1.82) is 0 Å². The van der Waals surface area contributed by atoms with E-state index in [-0.39, 0.29) is 6.10 Å². The Morgan fingerprint density at radius 2 is 1.74 bits per heavy atom. The van der Waals surface area contributed by atoms with Crippen LogP contribution >= 0.6 is 0 Å². The highest BCUT2D eigenvalue weighted by Crippen LogP contribution is 2.48. The van der Waals surface area contributed by atoms with Crippen molar-refractivity contribution in [3.8, 4) is 0 Å². The first-order valence-corrected chi connectivity index (χ1v) is 7.72. The molecule has 6 nitrogen and oxygen atoms in total. The topological polar surface area (TPSA) is 65.1 Å². The monoisotopic (exact) mass is 319 g/mol. The zero-order valence-electron chi connectivity index (χ0n) is 13.6. The molecule has 23 heavy (non-hydrogen) atoms. The SMILES string of the molecule is COC(=O)C1(C(=O)OC)CC2CCC1N(c1ccc(C)cc1)O2. The maximum atomic E-state index is 12.5. The Balaban J connectivity index is 2.03. The highest BCUT2D eigenvalue weighted by atomic mass is 16.7. The van der Waals surface area contributed by atoms with Gasteiger partial charge in [0.2, 0.25) is 0 Å². The molecule has 2 heterocycles. The van der Waals surface area contributed by atoms with E-state index in [0.717, 1.165) is 17.7 Å². The number of hydrogen-bond acceptors (Lipinski definition) is 6. The number of aryl methyl sites for hydroxylation is 1. The van der Waals surface area contributed by atoms with Crippen LogP contribution in [0.25, 0.3) is 0 Å². The molecule has 2 atom stereocenters. The fraction of sp³-hybridized carbons (Fsp3) is 0.529. The van der Waals surface area contributed by atoms with Crippen LogP contribution < -0.4 is 5.06 Å². The first-order chi connectivity index (χ1) is 11.0. The standard InChI is InChI=1S/C17H21NO5/c1-11-4-6-12(7-5-11)18-14-9-8-13(23-18)10-17(14,15(19)21-2)16(20)22-3/h4-7,13-14H,8-10H2,1-3H3. The highest BCUT2D eigenvalue weighted by Gasteiger charge is 2.63. The van der Waals surface area contributed by atoms with Crippen molar-refractivity contribution in [2.75, 3.05) is 19.3 Å². The Kier molecular flexibility index (Phi) is 4.02. The van der Waals surface area contributed by atoms with Crippen LogP contribution in [-0.4, -0.2) is 38.3 Å². The molecule has 4 rings (SSSR count). The molecule has 2 bridgehead atoms. The van der Waals surface area contributed by atoms with Crippen molar-refractivity contribution >= 4 is 17.6 Å². The molecule has 2 saturated heterocycles. The molecular weight excluding hydrogens is 298 g/mol. The normalized spacial score (nSPS) is 25.1. The molecule has 2 aliphatic heterocycles. The largest absolute Gasteiger partial charge is 0.468 e. The van der Waals surface area contributed by atoms with Crippen molar-refractivity contribution in [3.05, 3.63) is 29.8 Å². The van der Waals surface area contributed by atoms with Crippen molar-refractivity contribution < 1.29 is 23.9 Å². The van der Waals surface area contributed by atoms with E-state index in [9.17, 15) is 9.59 Å². The molecular formula is C17H21NO5. The Morgan fingerprint density at radius 3 is 2.26 bits per heavy atom. The first kappa shape index (κ1) is 15.8. The van der Waals surface area contributed by atoms with Gasteiger partial charge >= 0.3 is 11.9 Å². The number of rotatable bonds is 3. The smallest absolute Gasteiger partial charge is 0.325 e. The number of carbonyl (C=O) groups excluding carboxylic acids is 2. The van der Waals surface area contributed by atoms with Crippen LogP contribution in [-0.2, 0) is 23.9 Å². The van der Waals surface area contributed by atoms with Gasteiger partial charge < -0.3 is 9.47 Å². The van der Waals surface area contributed by atoms with E-state index in [0.29, 0.717) is 12.8 Å². The molecule has 1 aromatic carbocycles. The second-order valence-electron chi connectivity index (χ2n) is 6.14. The summed E-state index contributed by atoms with van der Waals surface area (Å²) >= 11 is 0. The van der Waals surface area contributed by atoms with Crippen LogP contribution in [0.3, 0.4) is 0 Å². The molecule has 0 spiro atoms. The summed E-state index contributed by atoms with van der Waals surface area (Å²) < 4.78 is 9.90. The Morgan fingerprint density at radius 1 is 1.13 bits per heavy atom. The lowest BCUT2D eigenvalue weighted by Gasteiger charge is -2.53. The molecule has 1 aromatic rings. The predicted octanol–water partition coefficient (Wildman–Crippen LogP) is 2.00. The van der Waals surface area contributed by atoms with Gasteiger partial charge in [0.05, 0.1) is 32.1 Å². The van der Waals surface area contributed by atoms with Crippen LogP contribution in [0.4, 0.5) is 5.69 Å². The third-order valence-corrected chi connectivity index (χ3v) is 4.81. The van der Waals surface area contributed by atoms with E-state index in [1.54, 1.807) is 5.06 Å². The Bertz CT molecular complexity index is 596. The molecule has 0 radical (unpaired) electrons. The summed E-state index contributed by atoms with van der Waals surface area (Å²) in [7, 11) is 2.60.